The zero-order valence-corrected chi connectivity index (χ0v) is 11.4. The van der Waals surface area contributed by atoms with Crippen LogP contribution >= 0.6 is 11.6 Å². The van der Waals surface area contributed by atoms with Crippen molar-refractivity contribution in [1.29, 1.82) is 0 Å². The number of rotatable bonds is 4. The minimum atomic E-state index is -0.258. The second-order valence-corrected chi connectivity index (χ2v) is 6.23. The van der Waals surface area contributed by atoms with E-state index in [0.717, 1.165) is 29.7 Å². The highest BCUT2D eigenvalue weighted by molar-refractivity contribution is 6.31. The number of hydrogen-bond acceptors (Lipinski definition) is 1. The summed E-state index contributed by atoms with van der Waals surface area (Å²) in [5.41, 5.74) is 1.05. The Morgan fingerprint density at radius 3 is 2.67 bits per heavy atom. The molecular formula is C15H19ClFN. The molecule has 2 aliphatic rings. The summed E-state index contributed by atoms with van der Waals surface area (Å²) in [7, 11) is 2.02. The van der Waals surface area contributed by atoms with Crippen LogP contribution in [0.2, 0.25) is 5.02 Å². The number of benzene rings is 1. The third kappa shape index (κ3) is 2.41. The van der Waals surface area contributed by atoms with Gasteiger partial charge in [-0.05, 0) is 68.2 Å². The van der Waals surface area contributed by atoms with Crippen LogP contribution in [0.5, 0.6) is 0 Å². The van der Waals surface area contributed by atoms with Gasteiger partial charge in [0, 0.05) is 11.1 Å². The van der Waals surface area contributed by atoms with Crippen molar-refractivity contribution >= 4 is 11.6 Å². The Balaban J connectivity index is 1.69. The van der Waals surface area contributed by atoms with E-state index in [1.807, 2.05) is 13.1 Å². The first-order valence-corrected chi connectivity index (χ1v) is 7.16. The van der Waals surface area contributed by atoms with E-state index in [-0.39, 0.29) is 5.82 Å². The zero-order chi connectivity index (χ0) is 12.7. The summed E-state index contributed by atoms with van der Waals surface area (Å²) in [5.74, 6) is 2.50. The van der Waals surface area contributed by atoms with E-state index < -0.39 is 0 Å². The van der Waals surface area contributed by atoms with E-state index in [2.05, 4.69) is 5.32 Å². The first-order chi connectivity index (χ1) is 8.67. The van der Waals surface area contributed by atoms with E-state index in [0.29, 0.717) is 11.1 Å². The van der Waals surface area contributed by atoms with Crippen LogP contribution in [0.1, 0.15) is 24.8 Å². The van der Waals surface area contributed by atoms with Crippen molar-refractivity contribution in [3.8, 4) is 0 Å². The Morgan fingerprint density at radius 1 is 1.33 bits per heavy atom. The molecule has 1 nitrogen and oxygen atoms in total. The Morgan fingerprint density at radius 2 is 2.06 bits per heavy atom. The molecule has 3 atom stereocenters. The smallest absolute Gasteiger partial charge is 0.124 e. The average Bonchev–Trinajstić information content (AvgIpc) is 2.95. The Hall–Kier alpha value is -0.600. The fourth-order valence-corrected chi connectivity index (χ4v) is 3.76. The van der Waals surface area contributed by atoms with Gasteiger partial charge >= 0.3 is 0 Å². The number of hydrogen-bond donors (Lipinski definition) is 1. The normalized spacial score (nSPS) is 31.2. The van der Waals surface area contributed by atoms with Gasteiger partial charge in [-0.2, -0.15) is 0 Å². The van der Waals surface area contributed by atoms with Crippen molar-refractivity contribution in [3.63, 3.8) is 0 Å². The minimum Gasteiger partial charge on any atom is -0.316 e. The molecule has 0 aliphatic heterocycles. The summed E-state index contributed by atoms with van der Waals surface area (Å²) in [6.07, 6.45) is 5.06. The van der Waals surface area contributed by atoms with Gasteiger partial charge < -0.3 is 5.32 Å². The third-order valence-electron chi connectivity index (χ3n) is 4.67. The van der Waals surface area contributed by atoms with E-state index in [1.54, 1.807) is 0 Å². The van der Waals surface area contributed by atoms with Crippen molar-refractivity contribution < 1.29 is 4.39 Å². The quantitative estimate of drug-likeness (QED) is 0.878. The Bertz CT molecular complexity index is 438. The first-order valence-electron chi connectivity index (χ1n) is 6.78. The topological polar surface area (TPSA) is 12.0 Å². The van der Waals surface area contributed by atoms with Crippen LogP contribution in [0.3, 0.4) is 0 Å². The van der Waals surface area contributed by atoms with Crippen LogP contribution in [-0.4, -0.2) is 13.1 Å². The summed E-state index contributed by atoms with van der Waals surface area (Å²) in [4.78, 5) is 0. The molecule has 3 unspecified atom stereocenters. The molecule has 0 aromatic heterocycles. The zero-order valence-electron chi connectivity index (χ0n) is 10.6. The molecule has 0 amide bonds. The molecule has 1 aromatic rings. The monoisotopic (exact) mass is 267 g/mol. The lowest BCUT2D eigenvalue weighted by Crippen LogP contribution is -2.35. The molecule has 3 heteroatoms. The van der Waals surface area contributed by atoms with Crippen LogP contribution in [0.15, 0.2) is 18.2 Å². The fourth-order valence-electron chi connectivity index (χ4n) is 3.52. The SMILES string of the molecule is CNC(Cc1ccc(F)cc1Cl)C1CC2CC2C1. The molecule has 2 aliphatic carbocycles. The molecule has 2 fully saturated rings. The number of fused-ring (bicyclic) bond motifs is 1. The molecule has 0 saturated heterocycles. The molecule has 0 radical (unpaired) electrons. The third-order valence-corrected chi connectivity index (χ3v) is 5.03. The lowest BCUT2D eigenvalue weighted by atomic mass is 9.90. The largest absolute Gasteiger partial charge is 0.316 e. The maximum Gasteiger partial charge on any atom is 0.124 e. The van der Waals surface area contributed by atoms with Gasteiger partial charge in [-0.3, -0.25) is 0 Å². The van der Waals surface area contributed by atoms with Gasteiger partial charge in [0.25, 0.3) is 0 Å². The second-order valence-electron chi connectivity index (χ2n) is 5.82. The van der Waals surface area contributed by atoms with Crippen molar-refractivity contribution in [2.24, 2.45) is 17.8 Å². The lowest BCUT2D eigenvalue weighted by Gasteiger charge is -2.25. The first kappa shape index (κ1) is 12.4. The number of likely N-dealkylation sites (N-methyl/N-ethyl adjacent to an activating group) is 1. The molecule has 1 aromatic carbocycles. The number of halogens is 2. The summed E-state index contributed by atoms with van der Waals surface area (Å²) < 4.78 is 13.0. The van der Waals surface area contributed by atoms with Gasteiger partial charge in [-0.25, -0.2) is 4.39 Å². The van der Waals surface area contributed by atoms with Crippen LogP contribution < -0.4 is 5.32 Å². The van der Waals surface area contributed by atoms with Crippen molar-refractivity contribution in [2.75, 3.05) is 7.05 Å². The molecule has 0 heterocycles. The molecule has 3 rings (SSSR count). The van der Waals surface area contributed by atoms with Gasteiger partial charge in [0.2, 0.25) is 0 Å². The Kier molecular flexibility index (Phi) is 3.33. The van der Waals surface area contributed by atoms with Crippen LogP contribution in [0.4, 0.5) is 4.39 Å². The maximum atomic E-state index is 13.0. The molecule has 1 N–H and O–H groups in total. The van der Waals surface area contributed by atoms with Crippen LogP contribution in [-0.2, 0) is 6.42 Å². The van der Waals surface area contributed by atoms with E-state index in [1.165, 1.54) is 31.4 Å². The maximum absolute atomic E-state index is 13.0. The minimum absolute atomic E-state index is 0.258. The molecule has 0 spiro atoms. The molecular weight excluding hydrogens is 249 g/mol. The molecule has 0 bridgehead atoms. The van der Waals surface area contributed by atoms with Crippen molar-refractivity contribution in [2.45, 2.75) is 31.7 Å². The second kappa shape index (κ2) is 4.82. The molecule has 2 saturated carbocycles. The molecule has 18 heavy (non-hydrogen) atoms. The van der Waals surface area contributed by atoms with E-state index >= 15 is 0 Å². The standard InChI is InChI=1S/C15H19ClFN/c1-18-15(12-5-10-4-11(10)6-12)7-9-2-3-13(17)8-14(9)16/h2-3,8,10-12,15,18H,4-7H2,1H3. The van der Waals surface area contributed by atoms with Gasteiger partial charge in [-0.15, -0.1) is 0 Å². The predicted molar refractivity (Wildman–Crippen MR) is 72.3 cm³/mol. The van der Waals surface area contributed by atoms with Crippen molar-refractivity contribution in [3.05, 3.63) is 34.6 Å². The fraction of sp³-hybridized carbons (Fsp3) is 0.600. The highest BCUT2D eigenvalue weighted by atomic mass is 35.5. The highest BCUT2D eigenvalue weighted by Gasteiger charge is 2.47. The van der Waals surface area contributed by atoms with Crippen LogP contribution in [0, 0.1) is 23.6 Å². The molecule has 98 valence electrons. The summed E-state index contributed by atoms with van der Waals surface area (Å²) in [5, 5.41) is 3.98. The summed E-state index contributed by atoms with van der Waals surface area (Å²) >= 11 is 6.11. The Labute approximate surface area is 113 Å². The lowest BCUT2D eigenvalue weighted by molar-refractivity contribution is 0.349. The van der Waals surface area contributed by atoms with E-state index in [9.17, 15) is 4.39 Å². The van der Waals surface area contributed by atoms with Crippen LogP contribution in [0.25, 0.3) is 0 Å². The van der Waals surface area contributed by atoms with E-state index in [4.69, 9.17) is 11.6 Å². The van der Waals surface area contributed by atoms with Gasteiger partial charge in [0.05, 0.1) is 0 Å². The van der Waals surface area contributed by atoms with Gasteiger partial charge in [0.15, 0.2) is 0 Å². The number of nitrogens with one attached hydrogen (secondary N) is 1. The predicted octanol–water partition coefficient (Wildman–Crippen LogP) is 3.66. The average molecular weight is 268 g/mol. The van der Waals surface area contributed by atoms with Gasteiger partial charge in [-0.1, -0.05) is 17.7 Å². The van der Waals surface area contributed by atoms with Gasteiger partial charge in [0.1, 0.15) is 5.82 Å². The highest BCUT2D eigenvalue weighted by Crippen LogP contribution is 2.55. The summed E-state index contributed by atoms with van der Waals surface area (Å²) in [6.45, 7) is 0. The van der Waals surface area contributed by atoms with Crippen molar-refractivity contribution in [1.82, 2.24) is 5.32 Å². The summed E-state index contributed by atoms with van der Waals surface area (Å²) in [6, 6.07) is 5.20.